The van der Waals surface area contributed by atoms with E-state index < -0.39 is 0 Å². The van der Waals surface area contributed by atoms with Crippen molar-refractivity contribution in [3.05, 3.63) is 97.3 Å². The van der Waals surface area contributed by atoms with Crippen LogP contribution in [0.1, 0.15) is 18.0 Å². The highest BCUT2D eigenvalue weighted by molar-refractivity contribution is 6.02. The normalized spacial score (nSPS) is 14.2. The van der Waals surface area contributed by atoms with Crippen LogP contribution in [0.4, 0.5) is 28.7 Å². The van der Waals surface area contributed by atoms with Crippen LogP contribution in [0.25, 0.3) is 0 Å². The molecule has 0 spiro atoms. The number of ether oxygens (including phenoxy) is 2. The minimum Gasteiger partial charge on any atom is -0.492 e. The fourth-order valence-electron chi connectivity index (χ4n) is 5.01. The number of anilines is 5. The Morgan fingerprint density at radius 2 is 1.89 bits per heavy atom. The van der Waals surface area contributed by atoms with Gasteiger partial charge in [0, 0.05) is 32.6 Å². The second kappa shape index (κ2) is 14.4. The maximum Gasteiger partial charge on any atom is 0.247 e. The maximum absolute atomic E-state index is 12.2. The predicted octanol–water partition coefficient (Wildman–Crippen LogP) is 5.68. The Labute approximate surface area is 257 Å². The third-order valence-corrected chi connectivity index (χ3v) is 7.13. The van der Waals surface area contributed by atoms with Crippen molar-refractivity contribution in [1.82, 2.24) is 15.3 Å². The predicted molar refractivity (Wildman–Crippen MR) is 173 cm³/mol. The van der Waals surface area contributed by atoms with E-state index in [-0.39, 0.29) is 11.9 Å². The van der Waals surface area contributed by atoms with Gasteiger partial charge in [-0.15, -0.1) is 0 Å². The SMILES string of the molecule is C=CC(=O)Nc1ccc(Nc2cc(N3OCC[C@@H]3c3cccc(Oc4ccccc4)c3)ncn2)c(OC)c1N(C)CCNC. The van der Waals surface area contributed by atoms with Crippen molar-refractivity contribution in [2.75, 3.05) is 61.5 Å². The molecule has 0 saturated carbocycles. The van der Waals surface area contributed by atoms with Crippen LogP contribution in [-0.2, 0) is 9.63 Å². The molecular weight excluding hydrogens is 558 g/mol. The third-order valence-electron chi connectivity index (χ3n) is 7.13. The highest BCUT2D eigenvalue weighted by Gasteiger charge is 2.30. The van der Waals surface area contributed by atoms with Crippen LogP contribution in [0.5, 0.6) is 17.2 Å². The van der Waals surface area contributed by atoms with Crippen molar-refractivity contribution in [3.8, 4) is 17.2 Å². The number of hydrogen-bond donors (Lipinski definition) is 3. The molecule has 1 atom stereocenters. The molecule has 1 aliphatic rings. The van der Waals surface area contributed by atoms with Crippen LogP contribution in [-0.4, -0.2) is 56.8 Å². The molecule has 11 nitrogen and oxygen atoms in total. The molecule has 0 radical (unpaired) electrons. The van der Waals surface area contributed by atoms with E-state index in [0.29, 0.717) is 41.9 Å². The largest absolute Gasteiger partial charge is 0.492 e. The van der Waals surface area contributed by atoms with Gasteiger partial charge in [-0.05, 0) is 55.1 Å². The smallest absolute Gasteiger partial charge is 0.247 e. The second-order valence-corrected chi connectivity index (χ2v) is 10.1. The molecule has 5 rings (SSSR count). The summed E-state index contributed by atoms with van der Waals surface area (Å²) in [6.07, 6.45) is 3.52. The third kappa shape index (κ3) is 7.08. The molecule has 4 aromatic rings. The van der Waals surface area contributed by atoms with Crippen LogP contribution in [0.15, 0.2) is 91.8 Å². The van der Waals surface area contributed by atoms with Crippen LogP contribution < -0.4 is 35.4 Å². The van der Waals surface area contributed by atoms with E-state index in [4.69, 9.17) is 14.3 Å². The molecular formula is C33H37N7O4. The summed E-state index contributed by atoms with van der Waals surface area (Å²) in [5, 5.41) is 11.2. The first-order chi connectivity index (χ1) is 21.5. The summed E-state index contributed by atoms with van der Waals surface area (Å²) in [4.78, 5) is 29.2. The van der Waals surface area contributed by atoms with Gasteiger partial charge in [-0.3, -0.25) is 9.63 Å². The van der Waals surface area contributed by atoms with E-state index in [1.807, 2.05) is 90.8 Å². The summed E-state index contributed by atoms with van der Waals surface area (Å²) in [5.74, 6) is 2.93. The number of amides is 1. The monoisotopic (exact) mass is 595 g/mol. The Bertz CT molecular complexity index is 1580. The molecule has 1 aromatic heterocycles. The number of hydrogen-bond acceptors (Lipinski definition) is 10. The van der Waals surface area contributed by atoms with Crippen molar-refractivity contribution < 1.29 is 19.1 Å². The van der Waals surface area contributed by atoms with Crippen molar-refractivity contribution in [2.24, 2.45) is 0 Å². The number of carbonyl (C=O) groups is 1. The number of para-hydroxylation sites is 1. The molecule has 44 heavy (non-hydrogen) atoms. The highest BCUT2D eigenvalue weighted by Crippen LogP contribution is 2.43. The first-order valence-electron chi connectivity index (χ1n) is 14.3. The molecule has 1 saturated heterocycles. The van der Waals surface area contributed by atoms with Gasteiger partial charge < -0.3 is 30.3 Å². The molecule has 3 N–H and O–H groups in total. The lowest BCUT2D eigenvalue weighted by molar-refractivity contribution is -0.111. The average molecular weight is 596 g/mol. The Morgan fingerprint density at radius 1 is 1.09 bits per heavy atom. The van der Waals surface area contributed by atoms with Crippen molar-refractivity contribution in [3.63, 3.8) is 0 Å². The second-order valence-electron chi connectivity index (χ2n) is 10.1. The summed E-state index contributed by atoms with van der Waals surface area (Å²) >= 11 is 0. The van der Waals surface area contributed by atoms with Gasteiger partial charge >= 0.3 is 0 Å². The number of carbonyl (C=O) groups excluding carboxylic acids is 1. The fraction of sp³-hybridized carbons (Fsp3) is 0.242. The van der Waals surface area contributed by atoms with E-state index in [2.05, 4.69) is 38.6 Å². The minimum atomic E-state index is -0.311. The summed E-state index contributed by atoms with van der Waals surface area (Å²) in [6, 6.07) is 23.1. The number of nitrogens with zero attached hydrogens (tertiary/aromatic N) is 4. The summed E-state index contributed by atoms with van der Waals surface area (Å²) in [6.45, 7) is 5.53. The number of likely N-dealkylation sites (N-methyl/N-ethyl adjacent to an activating group) is 2. The van der Waals surface area contributed by atoms with E-state index in [1.165, 1.54) is 12.4 Å². The molecule has 2 heterocycles. The Balaban J connectivity index is 1.40. The number of hydroxylamine groups is 1. The van der Waals surface area contributed by atoms with Gasteiger partial charge in [-0.1, -0.05) is 36.9 Å². The fourth-order valence-corrected chi connectivity index (χ4v) is 5.01. The standard InChI is InChI=1S/C33H37N7O4/c1-5-31(41)38-26-14-15-27(33(42-4)32(26)39(3)18-17-34-2)37-29-21-30(36-22-35-29)40-28(16-19-43-40)23-10-9-13-25(20-23)44-24-11-7-6-8-12-24/h5-15,20-22,28,34H,1,16-19H2,2-4H3,(H,38,41)(H,35,36,37)/t28-/m1/s1. The van der Waals surface area contributed by atoms with E-state index in [0.717, 1.165) is 35.7 Å². The molecule has 11 heteroatoms. The molecule has 0 unspecified atom stereocenters. The summed E-state index contributed by atoms with van der Waals surface area (Å²) < 4.78 is 11.9. The van der Waals surface area contributed by atoms with Gasteiger partial charge in [-0.25, -0.2) is 15.0 Å². The molecule has 1 amide bonds. The van der Waals surface area contributed by atoms with Gasteiger partial charge in [-0.2, -0.15) is 0 Å². The van der Waals surface area contributed by atoms with Crippen molar-refractivity contribution >= 4 is 34.6 Å². The zero-order valence-electron chi connectivity index (χ0n) is 25.1. The molecule has 1 fully saturated rings. The van der Waals surface area contributed by atoms with Crippen LogP contribution in [0.3, 0.4) is 0 Å². The Hall–Kier alpha value is -5.13. The first-order valence-corrected chi connectivity index (χ1v) is 14.3. The van der Waals surface area contributed by atoms with E-state index in [9.17, 15) is 4.79 Å². The first kappa shape index (κ1) is 30.3. The summed E-state index contributed by atoms with van der Waals surface area (Å²) in [5.41, 5.74) is 3.05. The Morgan fingerprint density at radius 3 is 2.66 bits per heavy atom. The van der Waals surface area contributed by atoms with Crippen LogP contribution >= 0.6 is 0 Å². The zero-order chi connectivity index (χ0) is 30.9. The number of nitrogens with one attached hydrogen (secondary N) is 3. The average Bonchev–Trinajstić information content (AvgIpc) is 3.55. The van der Waals surface area contributed by atoms with Crippen LogP contribution in [0.2, 0.25) is 0 Å². The van der Waals surface area contributed by atoms with Gasteiger partial charge in [0.25, 0.3) is 0 Å². The van der Waals surface area contributed by atoms with E-state index >= 15 is 0 Å². The van der Waals surface area contributed by atoms with Gasteiger partial charge in [0.1, 0.15) is 29.3 Å². The lowest BCUT2D eigenvalue weighted by Crippen LogP contribution is -2.28. The van der Waals surface area contributed by atoms with Gasteiger partial charge in [0.15, 0.2) is 11.6 Å². The molecule has 0 bridgehead atoms. The number of benzene rings is 3. The maximum atomic E-state index is 12.2. The number of aromatic nitrogens is 2. The lowest BCUT2D eigenvalue weighted by atomic mass is 10.0. The van der Waals surface area contributed by atoms with Crippen LogP contribution in [0, 0.1) is 0 Å². The Kier molecular flexibility index (Phi) is 9.90. The molecule has 3 aromatic carbocycles. The quantitative estimate of drug-likeness (QED) is 0.167. The van der Waals surface area contributed by atoms with E-state index in [1.54, 1.807) is 7.11 Å². The van der Waals surface area contributed by atoms with Crippen molar-refractivity contribution in [2.45, 2.75) is 12.5 Å². The van der Waals surface area contributed by atoms with Gasteiger partial charge in [0.2, 0.25) is 5.91 Å². The summed E-state index contributed by atoms with van der Waals surface area (Å²) in [7, 11) is 5.43. The number of methoxy groups -OCH3 is 1. The molecule has 1 aliphatic heterocycles. The lowest BCUT2D eigenvalue weighted by Gasteiger charge is -2.27. The minimum absolute atomic E-state index is 0.0632. The topological polar surface area (TPSA) is 113 Å². The zero-order valence-corrected chi connectivity index (χ0v) is 25.1. The van der Waals surface area contributed by atoms with Crippen molar-refractivity contribution in [1.29, 1.82) is 0 Å². The number of rotatable bonds is 13. The van der Waals surface area contributed by atoms with Gasteiger partial charge in [0.05, 0.1) is 31.1 Å². The molecule has 228 valence electrons. The highest BCUT2D eigenvalue weighted by atomic mass is 16.7. The molecule has 0 aliphatic carbocycles.